The number of amides is 1. The first-order chi connectivity index (χ1) is 11.1. The van der Waals surface area contributed by atoms with Crippen LogP contribution in [-0.2, 0) is 10.2 Å². The second-order valence-corrected chi connectivity index (χ2v) is 6.50. The Labute approximate surface area is 138 Å². The van der Waals surface area contributed by atoms with Crippen LogP contribution < -0.4 is 5.32 Å². The molecule has 0 saturated heterocycles. The third-order valence-corrected chi connectivity index (χ3v) is 4.76. The van der Waals surface area contributed by atoms with Crippen molar-refractivity contribution in [2.24, 2.45) is 5.92 Å². The number of rotatable bonds is 5. The van der Waals surface area contributed by atoms with E-state index < -0.39 is 0 Å². The van der Waals surface area contributed by atoms with Crippen molar-refractivity contribution in [3.8, 4) is 0 Å². The van der Waals surface area contributed by atoms with E-state index >= 15 is 0 Å². The Morgan fingerprint density at radius 1 is 1.17 bits per heavy atom. The largest absolute Gasteiger partial charge is 0.352 e. The number of hydrogen-bond acceptors (Lipinski definition) is 1. The summed E-state index contributed by atoms with van der Waals surface area (Å²) in [6.45, 7) is 8.39. The molecule has 1 amide bonds. The van der Waals surface area contributed by atoms with Gasteiger partial charge in [0.2, 0.25) is 5.91 Å². The van der Waals surface area contributed by atoms with Gasteiger partial charge in [0.15, 0.2) is 0 Å². The van der Waals surface area contributed by atoms with Gasteiger partial charge in [-0.3, -0.25) is 4.79 Å². The van der Waals surface area contributed by atoms with Crippen molar-refractivity contribution >= 4 is 5.91 Å². The van der Waals surface area contributed by atoms with E-state index in [0.29, 0.717) is 6.54 Å². The maximum atomic E-state index is 12.5. The molecule has 2 aromatic carbocycles. The highest BCUT2D eigenvalue weighted by atomic mass is 16.2. The molecular formula is C21H23NO. The van der Waals surface area contributed by atoms with E-state index in [1.54, 1.807) is 6.08 Å². The smallest absolute Gasteiger partial charge is 0.224 e. The standard InChI is InChI=1S/C21H23NO/c1-4-11-22-20(23)19-14-21(19,17-9-5-7-15(2)12-17)18-10-6-8-16(3)13-18/h4-10,12-13,19H,1,11,14H2,2-3H3,(H,22,23)/t19-/m0/s1. The zero-order valence-electron chi connectivity index (χ0n) is 13.8. The molecule has 1 aliphatic carbocycles. The molecule has 2 aromatic rings. The third-order valence-electron chi connectivity index (χ3n) is 4.76. The Morgan fingerprint density at radius 3 is 2.22 bits per heavy atom. The SMILES string of the molecule is C=CCNC(=O)[C@@H]1CC1(c1cccc(C)c1)c1cccc(C)c1. The maximum Gasteiger partial charge on any atom is 0.224 e. The van der Waals surface area contributed by atoms with Gasteiger partial charge in [-0.25, -0.2) is 0 Å². The fourth-order valence-electron chi connectivity index (χ4n) is 3.53. The first-order valence-corrected chi connectivity index (χ1v) is 8.11. The van der Waals surface area contributed by atoms with Gasteiger partial charge in [0.25, 0.3) is 0 Å². The molecule has 1 aliphatic rings. The Balaban J connectivity index is 2.02. The second-order valence-electron chi connectivity index (χ2n) is 6.50. The van der Waals surface area contributed by atoms with Crippen LogP contribution >= 0.6 is 0 Å². The molecule has 1 fully saturated rings. The molecule has 2 heteroatoms. The van der Waals surface area contributed by atoms with Crippen molar-refractivity contribution in [2.45, 2.75) is 25.7 Å². The van der Waals surface area contributed by atoms with Gasteiger partial charge >= 0.3 is 0 Å². The predicted octanol–water partition coefficient (Wildman–Crippen LogP) is 3.91. The summed E-state index contributed by atoms with van der Waals surface area (Å²) < 4.78 is 0. The lowest BCUT2D eigenvalue weighted by Crippen LogP contribution is -2.29. The van der Waals surface area contributed by atoms with Crippen LogP contribution in [0, 0.1) is 19.8 Å². The van der Waals surface area contributed by atoms with Crippen LogP contribution in [0.25, 0.3) is 0 Å². The Morgan fingerprint density at radius 2 is 1.74 bits per heavy atom. The average molecular weight is 305 g/mol. The number of carbonyl (C=O) groups excluding carboxylic acids is 1. The fourth-order valence-corrected chi connectivity index (χ4v) is 3.53. The number of aryl methyl sites for hydroxylation is 2. The van der Waals surface area contributed by atoms with Crippen LogP contribution in [-0.4, -0.2) is 12.5 Å². The van der Waals surface area contributed by atoms with Gasteiger partial charge in [-0.2, -0.15) is 0 Å². The fraction of sp³-hybridized carbons (Fsp3) is 0.286. The van der Waals surface area contributed by atoms with E-state index in [4.69, 9.17) is 0 Å². The van der Waals surface area contributed by atoms with Crippen molar-refractivity contribution in [1.29, 1.82) is 0 Å². The second kappa shape index (κ2) is 6.04. The molecule has 0 aromatic heterocycles. The topological polar surface area (TPSA) is 29.1 Å². The van der Waals surface area contributed by atoms with Crippen LogP contribution in [0.4, 0.5) is 0 Å². The summed E-state index contributed by atoms with van der Waals surface area (Å²) in [4.78, 5) is 12.5. The molecule has 0 unspecified atom stereocenters. The highest BCUT2D eigenvalue weighted by Gasteiger charge is 2.60. The molecule has 0 radical (unpaired) electrons. The van der Waals surface area contributed by atoms with Crippen molar-refractivity contribution in [3.63, 3.8) is 0 Å². The van der Waals surface area contributed by atoms with Crippen molar-refractivity contribution in [1.82, 2.24) is 5.32 Å². The Bertz CT molecular complexity index is 702. The van der Waals surface area contributed by atoms with Gasteiger partial charge in [-0.15, -0.1) is 6.58 Å². The summed E-state index contributed by atoms with van der Waals surface area (Å²) in [5, 5.41) is 2.96. The highest BCUT2D eigenvalue weighted by molar-refractivity contribution is 5.86. The normalized spacial score (nSPS) is 18.3. The number of hydrogen-bond donors (Lipinski definition) is 1. The Kier molecular flexibility index (Phi) is 4.08. The first-order valence-electron chi connectivity index (χ1n) is 8.11. The molecule has 0 bridgehead atoms. The first kappa shape index (κ1) is 15.5. The minimum Gasteiger partial charge on any atom is -0.352 e. The number of carbonyl (C=O) groups is 1. The van der Waals surface area contributed by atoms with Crippen molar-refractivity contribution in [2.75, 3.05) is 6.54 Å². The zero-order chi connectivity index (χ0) is 16.4. The molecule has 0 aliphatic heterocycles. The lowest BCUT2D eigenvalue weighted by atomic mass is 9.84. The lowest BCUT2D eigenvalue weighted by Gasteiger charge is -2.20. The molecule has 1 saturated carbocycles. The summed E-state index contributed by atoms with van der Waals surface area (Å²) in [6.07, 6.45) is 2.59. The quantitative estimate of drug-likeness (QED) is 0.834. The zero-order valence-corrected chi connectivity index (χ0v) is 13.8. The molecule has 0 heterocycles. The summed E-state index contributed by atoms with van der Waals surface area (Å²) in [7, 11) is 0. The van der Waals surface area contributed by atoms with E-state index in [1.807, 2.05) is 0 Å². The molecule has 1 N–H and O–H groups in total. The van der Waals surface area contributed by atoms with Crippen LogP contribution in [0.1, 0.15) is 28.7 Å². The van der Waals surface area contributed by atoms with Gasteiger partial charge in [-0.1, -0.05) is 65.7 Å². The van der Waals surface area contributed by atoms with Gasteiger partial charge in [0.05, 0.1) is 5.92 Å². The summed E-state index contributed by atoms with van der Waals surface area (Å²) in [5.74, 6) is 0.110. The maximum absolute atomic E-state index is 12.5. The van der Waals surface area contributed by atoms with Crippen molar-refractivity contribution in [3.05, 3.63) is 83.4 Å². The lowest BCUT2D eigenvalue weighted by molar-refractivity contribution is -0.122. The molecule has 1 atom stereocenters. The summed E-state index contributed by atoms with van der Waals surface area (Å²) in [6, 6.07) is 17.1. The van der Waals surface area contributed by atoms with Crippen LogP contribution in [0.15, 0.2) is 61.2 Å². The predicted molar refractivity (Wildman–Crippen MR) is 94.5 cm³/mol. The van der Waals surface area contributed by atoms with Gasteiger partial charge in [0, 0.05) is 12.0 Å². The average Bonchev–Trinajstić information content (AvgIpc) is 3.30. The van der Waals surface area contributed by atoms with Crippen LogP contribution in [0.3, 0.4) is 0 Å². The molecule has 0 spiro atoms. The van der Waals surface area contributed by atoms with Gasteiger partial charge in [-0.05, 0) is 31.4 Å². The molecular weight excluding hydrogens is 282 g/mol. The van der Waals surface area contributed by atoms with E-state index in [0.717, 1.165) is 6.42 Å². The number of nitrogens with one attached hydrogen (secondary N) is 1. The Hall–Kier alpha value is -2.35. The molecule has 118 valence electrons. The summed E-state index contributed by atoms with van der Waals surface area (Å²) in [5.41, 5.74) is 4.74. The minimum atomic E-state index is -0.191. The minimum absolute atomic E-state index is 0.00829. The highest BCUT2D eigenvalue weighted by Crippen LogP contribution is 2.59. The van der Waals surface area contributed by atoms with Gasteiger partial charge in [0.1, 0.15) is 0 Å². The molecule has 2 nitrogen and oxygen atoms in total. The van der Waals surface area contributed by atoms with Crippen LogP contribution in [0.5, 0.6) is 0 Å². The van der Waals surface area contributed by atoms with E-state index in [-0.39, 0.29) is 17.2 Å². The van der Waals surface area contributed by atoms with Crippen molar-refractivity contribution < 1.29 is 4.79 Å². The van der Waals surface area contributed by atoms with E-state index in [9.17, 15) is 4.79 Å². The molecule has 23 heavy (non-hydrogen) atoms. The number of benzene rings is 2. The monoisotopic (exact) mass is 305 g/mol. The summed E-state index contributed by atoms with van der Waals surface area (Å²) >= 11 is 0. The van der Waals surface area contributed by atoms with Gasteiger partial charge < -0.3 is 5.32 Å². The third kappa shape index (κ3) is 2.81. The van der Waals surface area contributed by atoms with E-state index in [2.05, 4.69) is 74.3 Å². The van der Waals surface area contributed by atoms with Crippen LogP contribution in [0.2, 0.25) is 0 Å². The van der Waals surface area contributed by atoms with E-state index in [1.165, 1.54) is 22.3 Å². The molecule has 3 rings (SSSR count).